The minimum Gasteiger partial charge on any atom is -0.497 e. The Labute approximate surface area is 164 Å². The van der Waals surface area contributed by atoms with Crippen LogP contribution in [0.2, 0.25) is 0 Å². The van der Waals surface area contributed by atoms with Crippen molar-refractivity contribution in [3.63, 3.8) is 0 Å². The van der Waals surface area contributed by atoms with E-state index >= 15 is 0 Å². The molecular weight excluding hydrogens is 418 g/mol. The van der Waals surface area contributed by atoms with Crippen molar-refractivity contribution in [1.29, 1.82) is 0 Å². The van der Waals surface area contributed by atoms with Gasteiger partial charge >= 0.3 is 11.8 Å². The zero-order chi connectivity index (χ0) is 19.8. The molecule has 27 heavy (non-hydrogen) atoms. The molecule has 0 aliphatic carbocycles. The minimum absolute atomic E-state index is 0.321. The molecule has 0 saturated heterocycles. The summed E-state index contributed by atoms with van der Waals surface area (Å²) in [7, 11) is 1.49. The number of amides is 3. The first kappa shape index (κ1) is 20.2. The highest BCUT2D eigenvalue weighted by atomic mass is 79.9. The van der Waals surface area contributed by atoms with Crippen molar-refractivity contribution < 1.29 is 23.9 Å². The van der Waals surface area contributed by atoms with Crippen LogP contribution in [0, 0.1) is 6.92 Å². The molecule has 0 saturated carbocycles. The van der Waals surface area contributed by atoms with E-state index in [4.69, 9.17) is 9.47 Å². The number of anilines is 1. The molecule has 0 bridgehead atoms. The van der Waals surface area contributed by atoms with E-state index in [2.05, 4.69) is 26.7 Å². The lowest BCUT2D eigenvalue weighted by Gasteiger charge is -2.10. The average Bonchev–Trinajstić information content (AvgIpc) is 2.67. The third kappa shape index (κ3) is 6.30. The summed E-state index contributed by atoms with van der Waals surface area (Å²) in [5.41, 5.74) is 5.47. The van der Waals surface area contributed by atoms with Gasteiger partial charge in [0.15, 0.2) is 6.61 Å². The van der Waals surface area contributed by atoms with Gasteiger partial charge in [-0.15, -0.1) is 0 Å². The summed E-state index contributed by atoms with van der Waals surface area (Å²) in [4.78, 5) is 35.3. The Morgan fingerprint density at radius 3 is 2.48 bits per heavy atom. The number of hydrogen-bond acceptors (Lipinski definition) is 5. The second kappa shape index (κ2) is 9.58. The number of ether oxygens (including phenoxy) is 2. The standard InChI is InChI=1S/C18H18BrN3O5/c1-11-8-14(6-7-15(11)19)27-10-16(23)21-22-18(25)17(24)20-12-4-3-5-13(9-12)26-2/h3-9H,10H2,1-2H3,(H,20,24)(H,21,23)(H,22,25). The number of aryl methyl sites for hydroxylation is 1. The molecule has 0 heterocycles. The molecule has 2 aromatic carbocycles. The summed E-state index contributed by atoms with van der Waals surface area (Å²) in [5, 5.41) is 2.39. The van der Waals surface area contributed by atoms with Crippen LogP contribution >= 0.6 is 15.9 Å². The van der Waals surface area contributed by atoms with Crippen LogP contribution in [0.25, 0.3) is 0 Å². The van der Waals surface area contributed by atoms with Gasteiger partial charge in [-0.05, 0) is 42.8 Å². The van der Waals surface area contributed by atoms with Gasteiger partial charge < -0.3 is 14.8 Å². The van der Waals surface area contributed by atoms with E-state index in [1.807, 2.05) is 12.3 Å². The highest BCUT2D eigenvalue weighted by molar-refractivity contribution is 9.10. The van der Waals surface area contributed by atoms with Crippen molar-refractivity contribution in [2.45, 2.75) is 6.92 Å². The third-order valence-electron chi connectivity index (χ3n) is 3.35. The van der Waals surface area contributed by atoms with Crippen molar-refractivity contribution in [1.82, 2.24) is 10.9 Å². The molecule has 142 valence electrons. The van der Waals surface area contributed by atoms with Gasteiger partial charge in [-0.25, -0.2) is 0 Å². The van der Waals surface area contributed by atoms with Crippen LogP contribution in [-0.2, 0) is 14.4 Å². The van der Waals surface area contributed by atoms with Crippen molar-refractivity contribution >= 4 is 39.3 Å². The quantitative estimate of drug-likeness (QED) is 0.491. The Morgan fingerprint density at radius 2 is 1.78 bits per heavy atom. The van der Waals surface area contributed by atoms with E-state index < -0.39 is 17.7 Å². The molecule has 0 aliphatic rings. The number of hydrazine groups is 1. The maximum atomic E-state index is 11.8. The van der Waals surface area contributed by atoms with Gasteiger partial charge in [0.2, 0.25) is 0 Å². The Kier molecular flexibility index (Phi) is 7.18. The summed E-state index contributed by atoms with van der Waals surface area (Å²) in [6, 6.07) is 11.8. The normalized spacial score (nSPS) is 9.89. The fourth-order valence-corrected chi connectivity index (χ4v) is 2.21. The van der Waals surface area contributed by atoms with Crippen LogP contribution < -0.4 is 25.6 Å². The molecule has 0 aliphatic heterocycles. The molecule has 0 unspecified atom stereocenters. The number of carbonyl (C=O) groups excluding carboxylic acids is 3. The lowest BCUT2D eigenvalue weighted by atomic mass is 10.2. The molecule has 0 spiro atoms. The minimum atomic E-state index is -1.02. The molecule has 3 N–H and O–H groups in total. The van der Waals surface area contributed by atoms with Crippen molar-refractivity contribution in [3.8, 4) is 11.5 Å². The van der Waals surface area contributed by atoms with Gasteiger partial charge in [0.05, 0.1) is 7.11 Å². The first-order valence-corrected chi connectivity index (χ1v) is 8.61. The van der Waals surface area contributed by atoms with E-state index in [0.717, 1.165) is 10.0 Å². The molecular formula is C18H18BrN3O5. The molecule has 9 heteroatoms. The predicted octanol–water partition coefficient (Wildman–Crippen LogP) is 1.93. The van der Waals surface area contributed by atoms with E-state index in [9.17, 15) is 14.4 Å². The van der Waals surface area contributed by atoms with Crippen molar-refractivity contribution in [2.24, 2.45) is 0 Å². The maximum absolute atomic E-state index is 11.8. The Morgan fingerprint density at radius 1 is 1.00 bits per heavy atom. The summed E-state index contributed by atoms with van der Waals surface area (Å²) in [6.07, 6.45) is 0. The lowest BCUT2D eigenvalue weighted by Crippen LogP contribution is -2.48. The van der Waals surface area contributed by atoms with E-state index in [0.29, 0.717) is 17.2 Å². The first-order chi connectivity index (χ1) is 12.9. The number of nitrogens with one attached hydrogen (secondary N) is 3. The maximum Gasteiger partial charge on any atom is 0.328 e. The number of benzene rings is 2. The van der Waals surface area contributed by atoms with Gasteiger partial charge in [-0.3, -0.25) is 25.2 Å². The highest BCUT2D eigenvalue weighted by Crippen LogP contribution is 2.21. The first-order valence-electron chi connectivity index (χ1n) is 7.82. The van der Waals surface area contributed by atoms with Crippen LogP contribution in [0.1, 0.15) is 5.56 Å². The number of halogens is 1. The van der Waals surface area contributed by atoms with Crippen molar-refractivity contribution in [3.05, 3.63) is 52.5 Å². The highest BCUT2D eigenvalue weighted by Gasteiger charge is 2.15. The second-order valence-corrected chi connectivity index (χ2v) is 6.24. The largest absolute Gasteiger partial charge is 0.497 e. The predicted molar refractivity (Wildman–Crippen MR) is 102 cm³/mol. The SMILES string of the molecule is COc1cccc(NC(=O)C(=O)NNC(=O)COc2ccc(Br)c(C)c2)c1. The van der Waals surface area contributed by atoms with Crippen molar-refractivity contribution in [2.75, 3.05) is 19.0 Å². The van der Waals surface area contributed by atoms with E-state index in [-0.39, 0.29) is 6.61 Å². The van der Waals surface area contributed by atoms with Crippen LogP contribution in [0.5, 0.6) is 11.5 Å². The molecule has 0 radical (unpaired) electrons. The number of hydrogen-bond donors (Lipinski definition) is 3. The summed E-state index contributed by atoms with van der Waals surface area (Å²) in [5.74, 6) is -1.54. The van der Waals surface area contributed by atoms with E-state index in [1.54, 1.807) is 42.5 Å². The fourth-order valence-electron chi connectivity index (χ4n) is 1.96. The average molecular weight is 436 g/mol. The van der Waals surface area contributed by atoms with Crippen LogP contribution in [-0.4, -0.2) is 31.4 Å². The van der Waals surface area contributed by atoms with Gasteiger partial charge in [0, 0.05) is 16.2 Å². The molecule has 0 aromatic heterocycles. The fraction of sp³-hybridized carbons (Fsp3) is 0.167. The number of rotatable bonds is 5. The Bertz CT molecular complexity index is 857. The topological polar surface area (TPSA) is 106 Å². The van der Waals surface area contributed by atoms with Crippen LogP contribution in [0.3, 0.4) is 0 Å². The van der Waals surface area contributed by atoms with Gasteiger partial charge in [0.1, 0.15) is 11.5 Å². The van der Waals surface area contributed by atoms with Gasteiger partial charge in [0.25, 0.3) is 5.91 Å². The molecule has 8 nitrogen and oxygen atoms in total. The smallest absolute Gasteiger partial charge is 0.328 e. The zero-order valence-corrected chi connectivity index (χ0v) is 16.3. The molecule has 2 rings (SSSR count). The Hall–Kier alpha value is -3.07. The lowest BCUT2D eigenvalue weighted by molar-refractivity contribution is -0.138. The van der Waals surface area contributed by atoms with E-state index in [1.165, 1.54) is 7.11 Å². The number of methoxy groups -OCH3 is 1. The summed E-state index contributed by atoms with van der Waals surface area (Å²) >= 11 is 3.37. The molecule has 3 amide bonds. The number of carbonyl (C=O) groups is 3. The molecule has 0 atom stereocenters. The van der Waals surface area contributed by atoms with Crippen LogP contribution in [0.15, 0.2) is 46.9 Å². The summed E-state index contributed by atoms with van der Waals surface area (Å²) < 4.78 is 11.3. The monoisotopic (exact) mass is 435 g/mol. The molecule has 0 fully saturated rings. The summed E-state index contributed by atoms with van der Waals surface area (Å²) in [6.45, 7) is 1.57. The second-order valence-electron chi connectivity index (χ2n) is 5.39. The van der Waals surface area contributed by atoms with Crippen LogP contribution in [0.4, 0.5) is 5.69 Å². The molecule has 2 aromatic rings. The van der Waals surface area contributed by atoms with Gasteiger partial charge in [-0.1, -0.05) is 22.0 Å². The van der Waals surface area contributed by atoms with Gasteiger partial charge in [-0.2, -0.15) is 0 Å². The third-order valence-corrected chi connectivity index (χ3v) is 4.24. The Balaban J connectivity index is 1.77. The zero-order valence-electron chi connectivity index (χ0n) is 14.7.